The van der Waals surface area contributed by atoms with Crippen LogP contribution < -0.4 is 0 Å². The Morgan fingerprint density at radius 2 is 2.00 bits per heavy atom. The van der Waals surface area contributed by atoms with Crippen LogP contribution >= 0.6 is 0 Å². The lowest BCUT2D eigenvalue weighted by molar-refractivity contribution is 0.00577. The number of ether oxygens (including phenoxy) is 1. The highest BCUT2D eigenvalue weighted by atomic mass is 19.3. The minimum atomic E-state index is -2.68. The van der Waals surface area contributed by atoms with E-state index in [-0.39, 0.29) is 5.41 Å². The Kier molecular flexibility index (Phi) is 4.48. The largest absolute Gasteiger partial charge is 0.381 e. The summed E-state index contributed by atoms with van der Waals surface area (Å²) in [6.07, 6.45) is 5.61. The maximum absolute atomic E-state index is 13.3. The van der Waals surface area contributed by atoms with Crippen molar-refractivity contribution in [1.29, 1.82) is 0 Å². The van der Waals surface area contributed by atoms with Crippen LogP contribution in [0.1, 0.15) is 40.0 Å². The summed E-state index contributed by atoms with van der Waals surface area (Å²) in [7, 11) is 0. The molecule has 0 aromatic heterocycles. The number of allylic oxidation sites excluding steroid dienone is 2. The lowest BCUT2D eigenvalue weighted by Crippen LogP contribution is -2.20. The molecule has 1 saturated carbocycles. The average molecular weight is 232 g/mol. The molecule has 1 nitrogen and oxygen atoms in total. The Labute approximate surface area is 96.9 Å². The Morgan fingerprint density at radius 1 is 1.38 bits per heavy atom. The molecule has 0 spiro atoms. The minimum absolute atomic E-state index is 0.166. The molecule has 0 bridgehead atoms. The van der Waals surface area contributed by atoms with Gasteiger partial charge in [-0.05, 0) is 37.7 Å². The third-order valence-electron chi connectivity index (χ3n) is 3.23. The molecule has 0 radical (unpaired) electrons. The van der Waals surface area contributed by atoms with Crippen molar-refractivity contribution in [2.45, 2.75) is 46.0 Å². The van der Waals surface area contributed by atoms with Crippen molar-refractivity contribution in [3.05, 3.63) is 12.2 Å². The van der Waals surface area contributed by atoms with Crippen molar-refractivity contribution in [1.82, 2.24) is 0 Å². The molecule has 3 heteroatoms. The predicted molar refractivity (Wildman–Crippen MR) is 61.7 cm³/mol. The summed E-state index contributed by atoms with van der Waals surface area (Å²) in [5.41, 5.74) is 0.166. The van der Waals surface area contributed by atoms with Crippen molar-refractivity contribution in [3.63, 3.8) is 0 Å². The molecule has 0 amide bonds. The van der Waals surface area contributed by atoms with Gasteiger partial charge in [0.1, 0.15) is 0 Å². The van der Waals surface area contributed by atoms with Gasteiger partial charge < -0.3 is 4.74 Å². The summed E-state index contributed by atoms with van der Waals surface area (Å²) in [5, 5.41) is 0. The zero-order valence-electron chi connectivity index (χ0n) is 10.4. The van der Waals surface area contributed by atoms with E-state index in [1.54, 1.807) is 6.08 Å². The van der Waals surface area contributed by atoms with Gasteiger partial charge in [-0.15, -0.1) is 0 Å². The van der Waals surface area contributed by atoms with Crippen LogP contribution in [0.5, 0.6) is 0 Å². The monoisotopic (exact) mass is 232 g/mol. The van der Waals surface area contributed by atoms with E-state index < -0.39 is 11.8 Å². The highest BCUT2D eigenvalue weighted by molar-refractivity contribution is 5.04. The number of hydrogen-bond donors (Lipinski definition) is 0. The molecule has 0 aromatic rings. The van der Waals surface area contributed by atoms with E-state index in [4.69, 9.17) is 4.74 Å². The lowest BCUT2D eigenvalue weighted by Gasteiger charge is -2.17. The van der Waals surface area contributed by atoms with Crippen LogP contribution in [0.3, 0.4) is 0 Å². The molecule has 0 N–H and O–H groups in total. The van der Waals surface area contributed by atoms with Crippen molar-refractivity contribution in [2.24, 2.45) is 11.3 Å². The third kappa shape index (κ3) is 3.85. The number of alkyl halides is 2. The fraction of sp³-hybridized carbons (Fsp3) is 0.846. The van der Waals surface area contributed by atoms with Crippen LogP contribution in [-0.4, -0.2) is 19.1 Å². The van der Waals surface area contributed by atoms with Crippen molar-refractivity contribution in [3.8, 4) is 0 Å². The fourth-order valence-corrected chi connectivity index (χ4v) is 1.56. The molecule has 1 aliphatic rings. The quantitative estimate of drug-likeness (QED) is 0.602. The van der Waals surface area contributed by atoms with Gasteiger partial charge in [-0.2, -0.15) is 0 Å². The first-order valence-electron chi connectivity index (χ1n) is 6.05. The Bertz CT molecular complexity index is 242. The summed E-state index contributed by atoms with van der Waals surface area (Å²) < 4.78 is 31.9. The second kappa shape index (κ2) is 5.26. The lowest BCUT2D eigenvalue weighted by atomic mass is 10.0. The molecule has 0 saturated heterocycles. The summed E-state index contributed by atoms with van der Waals surface area (Å²) >= 11 is 0. The van der Waals surface area contributed by atoms with E-state index in [9.17, 15) is 8.78 Å². The van der Waals surface area contributed by atoms with Crippen LogP contribution in [0.4, 0.5) is 8.78 Å². The molecular formula is C13H22F2O. The molecule has 0 aliphatic heterocycles. The molecular weight excluding hydrogens is 210 g/mol. The number of hydrogen-bond acceptors (Lipinski definition) is 1. The van der Waals surface area contributed by atoms with E-state index in [1.807, 2.05) is 6.92 Å². The molecule has 1 aliphatic carbocycles. The van der Waals surface area contributed by atoms with Gasteiger partial charge in [-0.3, -0.25) is 0 Å². The minimum Gasteiger partial charge on any atom is -0.381 e. The Morgan fingerprint density at radius 3 is 2.44 bits per heavy atom. The number of halogens is 2. The van der Waals surface area contributed by atoms with Gasteiger partial charge in [0.05, 0.1) is 6.61 Å². The summed E-state index contributed by atoms with van der Waals surface area (Å²) in [4.78, 5) is 0. The van der Waals surface area contributed by atoms with E-state index >= 15 is 0 Å². The van der Waals surface area contributed by atoms with E-state index in [2.05, 4.69) is 0 Å². The van der Waals surface area contributed by atoms with E-state index in [0.29, 0.717) is 13.2 Å². The number of rotatable bonds is 7. The average Bonchev–Trinajstić information content (AvgIpc) is 2.95. The first-order chi connectivity index (χ1) is 7.42. The van der Waals surface area contributed by atoms with Crippen LogP contribution in [-0.2, 0) is 4.74 Å². The van der Waals surface area contributed by atoms with Gasteiger partial charge >= 0.3 is 0 Å². The summed E-state index contributed by atoms with van der Waals surface area (Å²) in [6, 6.07) is 0. The maximum atomic E-state index is 13.3. The second-order valence-corrected chi connectivity index (χ2v) is 5.07. The SMILES string of the molecule is CCOCC1(C/C=C/C(F)(F)C(C)C)CC1. The molecule has 0 unspecified atom stereocenters. The van der Waals surface area contributed by atoms with Gasteiger partial charge in [-0.1, -0.05) is 19.9 Å². The van der Waals surface area contributed by atoms with Crippen LogP contribution in [0.2, 0.25) is 0 Å². The molecule has 0 aromatic carbocycles. The first-order valence-corrected chi connectivity index (χ1v) is 6.05. The van der Waals surface area contributed by atoms with E-state index in [1.165, 1.54) is 13.8 Å². The molecule has 0 atom stereocenters. The molecule has 16 heavy (non-hydrogen) atoms. The predicted octanol–water partition coefficient (Wildman–Crippen LogP) is 4.04. The van der Waals surface area contributed by atoms with Crippen molar-refractivity contribution < 1.29 is 13.5 Å². The summed E-state index contributed by atoms with van der Waals surface area (Å²) in [5.74, 6) is -3.31. The first kappa shape index (κ1) is 13.6. The van der Waals surface area contributed by atoms with Crippen LogP contribution in [0.25, 0.3) is 0 Å². The zero-order valence-corrected chi connectivity index (χ0v) is 10.4. The van der Waals surface area contributed by atoms with Crippen molar-refractivity contribution in [2.75, 3.05) is 13.2 Å². The molecule has 0 heterocycles. The van der Waals surface area contributed by atoms with Crippen LogP contribution in [0.15, 0.2) is 12.2 Å². The van der Waals surface area contributed by atoms with Gasteiger partial charge in [0.2, 0.25) is 0 Å². The molecule has 94 valence electrons. The highest BCUT2D eigenvalue weighted by Gasteiger charge is 2.41. The zero-order chi connectivity index (χ0) is 12.2. The smallest absolute Gasteiger partial charge is 0.268 e. The highest BCUT2D eigenvalue weighted by Crippen LogP contribution is 2.49. The Balaban J connectivity index is 2.36. The van der Waals surface area contributed by atoms with Crippen molar-refractivity contribution >= 4 is 0 Å². The van der Waals surface area contributed by atoms with Gasteiger partial charge in [0.15, 0.2) is 0 Å². The van der Waals surface area contributed by atoms with Gasteiger partial charge in [0, 0.05) is 12.5 Å². The maximum Gasteiger partial charge on any atom is 0.268 e. The third-order valence-corrected chi connectivity index (χ3v) is 3.23. The fourth-order valence-electron chi connectivity index (χ4n) is 1.56. The summed E-state index contributed by atoms with van der Waals surface area (Å²) in [6.45, 7) is 6.45. The van der Waals surface area contributed by atoms with Gasteiger partial charge in [-0.25, -0.2) is 8.78 Å². The molecule has 1 rings (SSSR count). The topological polar surface area (TPSA) is 9.23 Å². The van der Waals surface area contributed by atoms with Crippen LogP contribution in [0, 0.1) is 11.3 Å². The molecule has 1 fully saturated rings. The standard InChI is InChI=1S/C13H22F2O/c1-4-16-10-12(8-9-12)6-5-7-13(14,15)11(2)3/h5,7,11H,4,6,8-10H2,1-3H3/b7-5+. The van der Waals surface area contributed by atoms with Gasteiger partial charge in [0.25, 0.3) is 5.92 Å². The second-order valence-electron chi connectivity index (χ2n) is 5.07. The normalized spacial score (nSPS) is 19.6. The van der Waals surface area contributed by atoms with E-state index in [0.717, 1.165) is 25.3 Å². The Hall–Kier alpha value is -0.440.